The summed E-state index contributed by atoms with van der Waals surface area (Å²) in [5, 5.41) is 13.1. The second kappa shape index (κ2) is 8.22. The minimum atomic E-state index is -0.153. The zero-order chi connectivity index (χ0) is 19.6. The number of anilines is 1. The molecule has 1 saturated carbocycles. The van der Waals surface area contributed by atoms with Gasteiger partial charge in [0.2, 0.25) is 5.91 Å². The largest absolute Gasteiger partial charge is 0.437 e. The number of carbonyl (C=O) groups is 1. The first kappa shape index (κ1) is 19.6. The van der Waals surface area contributed by atoms with Crippen molar-refractivity contribution in [2.75, 3.05) is 11.1 Å². The van der Waals surface area contributed by atoms with Gasteiger partial charge in [-0.15, -0.1) is 0 Å². The van der Waals surface area contributed by atoms with Gasteiger partial charge < -0.3 is 14.3 Å². The van der Waals surface area contributed by atoms with Gasteiger partial charge in [0.05, 0.1) is 17.0 Å². The average molecular weight is 387 g/mol. The number of oxazole rings is 1. The minimum Gasteiger partial charge on any atom is -0.437 e. The molecule has 7 heteroatoms. The summed E-state index contributed by atoms with van der Waals surface area (Å²) < 4.78 is 7.69. The molecule has 1 aliphatic carbocycles. The van der Waals surface area contributed by atoms with Crippen molar-refractivity contribution in [2.45, 2.75) is 71.1 Å². The van der Waals surface area contributed by atoms with E-state index in [-0.39, 0.29) is 11.7 Å². The molecule has 0 atom stereocenters. The smallest absolute Gasteiger partial charge is 0.256 e. The maximum absolute atomic E-state index is 12.6. The number of thioether (sulfide) groups is 1. The number of aryl methyl sites for hydroxylation is 2. The second-order valence-electron chi connectivity index (χ2n) is 7.17. The summed E-state index contributed by atoms with van der Waals surface area (Å²) >= 11 is 1.27. The number of aromatic nitrogens is 2. The van der Waals surface area contributed by atoms with E-state index in [0.29, 0.717) is 22.6 Å². The maximum atomic E-state index is 12.6. The van der Waals surface area contributed by atoms with E-state index in [1.165, 1.54) is 31.0 Å². The zero-order valence-corrected chi connectivity index (χ0v) is 17.2. The lowest BCUT2D eigenvalue weighted by atomic mass is 9.95. The Balaban J connectivity index is 1.79. The van der Waals surface area contributed by atoms with Gasteiger partial charge in [-0.3, -0.25) is 4.79 Å². The molecule has 6 nitrogen and oxygen atoms in total. The van der Waals surface area contributed by atoms with E-state index in [4.69, 9.17) is 4.42 Å². The van der Waals surface area contributed by atoms with Crippen LogP contribution in [0.4, 0.5) is 5.82 Å². The first-order chi connectivity index (χ1) is 12.9. The Morgan fingerprint density at radius 3 is 2.59 bits per heavy atom. The van der Waals surface area contributed by atoms with E-state index in [0.717, 1.165) is 35.6 Å². The number of nitrogens with zero attached hydrogens (tertiary/aromatic N) is 3. The molecule has 1 amide bonds. The SMILES string of the molecule is Cc1nc(SCC(=O)Nc2c(C#N)c(C)c(C)n2C2CCCCC2)oc1C. The lowest BCUT2D eigenvalue weighted by molar-refractivity contribution is -0.113. The van der Waals surface area contributed by atoms with Gasteiger partial charge in [-0.25, -0.2) is 4.98 Å². The molecule has 0 unspecified atom stereocenters. The van der Waals surface area contributed by atoms with Gasteiger partial charge >= 0.3 is 0 Å². The summed E-state index contributed by atoms with van der Waals surface area (Å²) in [4.78, 5) is 16.9. The molecule has 0 aromatic carbocycles. The number of hydrogen-bond acceptors (Lipinski definition) is 5. The predicted molar refractivity (Wildman–Crippen MR) is 106 cm³/mol. The van der Waals surface area contributed by atoms with Crippen LogP contribution in [0.25, 0.3) is 0 Å². The van der Waals surface area contributed by atoms with Gasteiger partial charge in [-0.05, 0) is 46.1 Å². The fourth-order valence-corrected chi connectivity index (χ4v) is 4.40. The number of nitrogens with one attached hydrogen (secondary N) is 1. The van der Waals surface area contributed by atoms with Crippen molar-refractivity contribution in [3.63, 3.8) is 0 Å². The number of carbonyl (C=O) groups excluding carboxylic acids is 1. The summed E-state index contributed by atoms with van der Waals surface area (Å²) in [6.07, 6.45) is 5.82. The van der Waals surface area contributed by atoms with Gasteiger partial charge in [-0.2, -0.15) is 5.26 Å². The van der Waals surface area contributed by atoms with Crippen LogP contribution in [0.15, 0.2) is 9.64 Å². The molecule has 2 aromatic heterocycles. The lowest BCUT2D eigenvalue weighted by Gasteiger charge is -2.27. The van der Waals surface area contributed by atoms with Crippen LogP contribution in [-0.4, -0.2) is 21.2 Å². The van der Waals surface area contributed by atoms with Crippen LogP contribution in [0, 0.1) is 39.0 Å². The molecule has 3 rings (SSSR count). The Hall–Kier alpha value is -2.20. The maximum Gasteiger partial charge on any atom is 0.256 e. The second-order valence-corrected chi connectivity index (χ2v) is 8.09. The summed E-state index contributed by atoms with van der Waals surface area (Å²) in [6.45, 7) is 7.72. The third-order valence-electron chi connectivity index (χ3n) is 5.40. The molecule has 2 aromatic rings. The molecule has 1 fully saturated rings. The molecule has 1 aliphatic rings. The zero-order valence-electron chi connectivity index (χ0n) is 16.4. The van der Waals surface area contributed by atoms with E-state index in [2.05, 4.69) is 20.9 Å². The first-order valence-electron chi connectivity index (χ1n) is 9.40. The van der Waals surface area contributed by atoms with E-state index in [1.807, 2.05) is 27.7 Å². The predicted octanol–water partition coefficient (Wildman–Crippen LogP) is 4.82. The number of amides is 1. The first-order valence-corrected chi connectivity index (χ1v) is 10.4. The topological polar surface area (TPSA) is 83.9 Å². The summed E-state index contributed by atoms with van der Waals surface area (Å²) in [5.74, 6) is 1.45. The molecule has 27 heavy (non-hydrogen) atoms. The van der Waals surface area contributed by atoms with E-state index < -0.39 is 0 Å². The molecular weight excluding hydrogens is 360 g/mol. The summed E-state index contributed by atoms with van der Waals surface area (Å²) in [7, 11) is 0. The lowest BCUT2D eigenvalue weighted by Crippen LogP contribution is -2.21. The van der Waals surface area contributed by atoms with Crippen molar-refractivity contribution < 1.29 is 9.21 Å². The van der Waals surface area contributed by atoms with Crippen molar-refractivity contribution in [3.05, 3.63) is 28.3 Å². The monoisotopic (exact) mass is 386 g/mol. The van der Waals surface area contributed by atoms with Crippen molar-refractivity contribution >= 4 is 23.5 Å². The Morgan fingerprint density at radius 1 is 1.30 bits per heavy atom. The fourth-order valence-electron chi connectivity index (χ4n) is 3.68. The van der Waals surface area contributed by atoms with Crippen molar-refractivity contribution in [2.24, 2.45) is 0 Å². The van der Waals surface area contributed by atoms with Crippen LogP contribution in [0.5, 0.6) is 0 Å². The highest BCUT2D eigenvalue weighted by Gasteiger charge is 2.26. The Bertz CT molecular complexity index is 865. The van der Waals surface area contributed by atoms with Crippen LogP contribution >= 0.6 is 11.8 Å². The Morgan fingerprint density at radius 2 is 2.00 bits per heavy atom. The van der Waals surface area contributed by atoms with Gasteiger partial charge in [0.1, 0.15) is 17.6 Å². The molecule has 0 bridgehead atoms. The van der Waals surface area contributed by atoms with Crippen LogP contribution in [0.3, 0.4) is 0 Å². The van der Waals surface area contributed by atoms with E-state index in [9.17, 15) is 10.1 Å². The molecule has 2 heterocycles. The number of nitriles is 1. The Labute approximate surface area is 164 Å². The number of rotatable bonds is 5. The molecule has 0 saturated heterocycles. The average Bonchev–Trinajstić information content (AvgIpc) is 3.10. The Kier molecular flexibility index (Phi) is 5.95. The van der Waals surface area contributed by atoms with Crippen LogP contribution in [-0.2, 0) is 4.79 Å². The molecular formula is C20H26N4O2S. The molecule has 0 radical (unpaired) electrons. The van der Waals surface area contributed by atoms with Crippen LogP contribution in [0.1, 0.15) is 66.4 Å². The quantitative estimate of drug-likeness (QED) is 0.745. The molecule has 1 N–H and O–H groups in total. The molecule has 0 aliphatic heterocycles. The van der Waals surface area contributed by atoms with Crippen molar-refractivity contribution in [1.29, 1.82) is 5.26 Å². The van der Waals surface area contributed by atoms with Crippen molar-refractivity contribution in [1.82, 2.24) is 9.55 Å². The molecule has 144 valence electrons. The van der Waals surface area contributed by atoms with Gasteiger partial charge in [0.25, 0.3) is 5.22 Å². The van der Waals surface area contributed by atoms with Crippen LogP contribution in [0.2, 0.25) is 0 Å². The third kappa shape index (κ3) is 4.06. The summed E-state index contributed by atoms with van der Waals surface area (Å²) in [6, 6.07) is 2.63. The van der Waals surface area contributed by atoms with Gasteiger partial charge in [0.15, 0.2) is 0 Å². The fraction of sp³-hybridized carbons (Fsp3) is 0.550. The highest BCUT2D eigenvalue weighted by atomic mass is 32.2. The van der Waals surface area contributed by atoms with E-state index >= 15 is 0 Å². The van der Waals surface area contributed by atoms with Gasteiger partial charge in [0, 0.05) is 11.7 Å². The molecule has 0 spiro atoms. The standard InChI is InChI=1S/C20H26N4O2S/c1-12-14(3)24(16-8-6-5-7-9-16)19(17(12)10-21)23-18(25)11-27-20-22-13(2)15(4)26-20/h16H,5-9,11H2,1-4H3,(H,23,25). The third-order valence-corrected chi connectivity index (χ3v) is 6.23. The summed E-state index contributed by atoms with van der Waals surface area (Å²) in [5.41, 5.74) is 3.42. The minimum absolute atomic E-state index is 0.153. The highest BCUT2D eigenvalue weighted by Crippen LogP contribution is 2.36. The van der Waals surface area contributed by atoms with E-state index in [1.54, 1.807) is 0 Å². The highest BCUT2D eigenvalue weighted by molar-refractivity contribution is 7.99. The number of hydrogen-bond donors (Lipinski definition) is 1. The van der Waals surface area contributed by atoms with Crippen LogP contribution < -0.4 is 5.32 Å². The van der Waals surface area contributed by atoms with Crippen molar-refractivity contribution in [3.8, 4) is 6.07 Å². The van der Waals surface area contributed by atoms with Gasteiger partial charge in [-0.1, -0.05) is 31.0 Å². The normalized spacial score (nSPS) is 14.9.